The van der Waals surface area contributed by atoms with Gasteiger partial charge in [0.15, 0.2) is 0 Å². The fourth-order valence-electron chi connectivity index (χ4n) is 2.43. The van der Waals surface area contributed by atoms with Gasteiger partial charge >= 0.3 is 0 Å². The van der Waals surface area contributed by atoms with Gasteiger partial charge in [-0.15, -0.1) is 0 Å². The SMILES string of the molecule is CS(=O)c1ccc(NC(=O)COC2CCCCC2)cc1F. The lowest BCUT2D eigenvalue weighted by Gasteiger charge is -2.21. The average molecular weight is 313 g/mol. The Morgan fingerprint density at radius 3 is 2.71 bits per heavy atom. The van der Waals surface area contributed by atoms with Crippen LogP contribution in [0.25, 0.3) is 0 Å². The van der Waals surface area contributed by atoms with Crippen molar-refractivity contribution < 1.29 is 18.1 Å². The highest BCUT2D eigenvalue weighted by Crippen LogP contribution is 2.20. The van der Waals surface area contributed by atoms with Crippen LogP contribution < -0.4 is 5.32 Å². The number of hydrogen-bond acceptors (Lipinski definition) is 3. The van der Waals surface area contributed by atoms with Crippen LogP contribution in [0.2, 0.25) is 0 Å². The van der Waals surface area contributed by atoms with Crippen molar-refractivity contribution in [1.29, 1.82) is 0 Å². The van der Waals surface area contributed by atoms with Crippen LogP contribution in [0.4, 0.5) is 10.1 Å². The van der Waals surface area contributed by atoms with E-state index in [0.717, 1.165) is 25.7 Å². The molecule has 2 rings (SSSR count). The fraction of sp³-hybridized carbons (Fsp3) is 0.533. The largest absolute Gasteiger partial charge is 0.368 e. The molecule has 0 bridgehead atoms. The van der Waals surface area contributed by atoms with Crippen LogP contribution in [0, 0.1) is 5.82 Å². The molecule has 21 heavy (non-hydrogen) atoms. The number of anilines is 1. The number of carbonyl (C=O) groups is 1. The smallest absolute Gasteiger partial charge is 0.250 e. The molecule has 0 aliphatic heterocycles. The Bertz CT molecular complexity index is 530. The van der Waals surface area contributed by atoms with Crippen LogP contribution in [0.15, 0.2) is 23.1 Å². The molecule has 116 valence electrons. The van der Waals surface area contributed by atoms with Gasteiger partial charge < -0.3 is 10.1 Å². The zero-order valence-electron chi connectivity index (χ0n) is 12.1. The van der Waals surface area contributed by atoms with E-state index >= 15 is 0 Å². The van der Waals surface area contributed by atoms with Gasteiger partial charge in [0.05, 0.1) is 21.8 Å². The van der Waals surface area contributed by atoms with Gasteiger partial charge in [0.25, 0.3) is 0 Å². The van der Waals surface area contributed by atoms with E-state index in [1.54, 1.807) is 6.07 Å². The summed E-state index contributed by atoms with van der Waals surface area (Å²) in [5, 5.41) is 2.59. The molecule has 1 unspecified atom stereocenters. The van der Waals surface area contributed by atoms with Crippen molar-refractivity contribution in [2.75, 3.05) is 18.2 Å². The lowest BCUT2D eigenvalue weighted by atomic mass is 9.98. The van der Waals surface area contributed by atoms with E-state index in [1.807, 2.05) is 0 Å². The zero-order chi connectivity index (χ0) is 15.2. The number of rotatable bonds is 5. The number of benzene rings is 1. The van der Waals surface area contributed by atoms with Gasteiger partial charge in [-0.3, -0.25) is 9.00 Å². The summed E-state index contributed by atoms with van der Waals surface area (Å²) in [4.78, 5) is 11.9. The predicted molar refractivity (Wildman–Crippen MR) is 80.2 cm³/mol. The third kappa shape index (κ3) is 4.89. The van der Waals surface area contributed by atoms with E-state index in [1.165, 1.54) is 24.8 Å². The first-order valence-electron chi connectivity index (χ1n) is 7.10. The van der Waals surface area contributed by atoms with Crippen molar-refractivity contribution in [2.45, 2.75) is 43.1 Å². The standard InChI is InChI=1S/C15H20FNO3S/c1-21(19)14-8-7-11(9-13(14)16)17-15(18)10-20-12-5-3-2-4-6-12/h7-9,12H,2-6,10H2,1H3,(H,17,18). The maximum absolute atomic E-state index is 13.7. The molecule has 1 aromatic rings. The highest BCUT2D eigenvalue weighted by atomic mass is 32.2. The second-order valence-electron chi connectivity index (χ2n) is 5.22. The molecule has 6 heteroatoms. The Morgan fingerprint density at radius 1 is 1.38 bits per heavy atom. The molecular weight excluding hydrogens is 293 g/mol. The molecule has 4 nitrogen and oxygen atoms in total. The van der Waals surface area contributed by atoms with Crippen LogP contribution in [-0.4, -0.2) is 29.1 Å². The van der Waals surface area contributed by atoms with Gasteiger partial charge in [0, 0.05) is 11.9 Å². The topological polar surface area (TPSA) is 55.4 Å². The molecule has 1 N–H and O–H groups in total. The van der Waals surface area contributed by atoms with Crippen molar-refractivity contribution in [3.63, 3.8) is 0 Å². The number of carbonyl (C=O) groups excluding carboxylic acids is 1. The molecule has 0 radical (unpaired) electrons. The fourth-order valence-corrected chi connectivity index (χ4v) is 3.03. The van der Waals surface area contributed by atoms with Crippen LogP contribution in [-0.2, 0) is 20.3 Å². The van der Waals surface area contributed by atoms with Crippen molar-refractivity contribution in [1.82, 2.24) is 0 Å². The summed E-state index contributed by atoms with van der Waals surface area (Å²) < 4.78 is 30.4. The van der Waals surface area contributed by atoms with Crippen LogP contribution in [0.1, 0.15) is 32.1 Å². The third-order valence-corrected chi connectivity index (χ3v) is 4.48. The number of ether oxygens (including phenoxy) is 1. The van der Waals surface area contributed by atoms with Gasteiger partial charge in [-0.05, 0) is 31.0 Å². The lowest BCUT2D eigenvalue weighted by Crippen LogP contribution is -2.24. The summed E-state index contributed by atoms with van der Waals surface area (Å²) in [6.45, 7) is -0.0201. The minimum absolute atomic E-state index is 0.0201. The number of amides is 1. The van der Waals surface area contributed by atoms with Crippen molar-refractivity contribution in [3.05, 3.63) is 24.0 Å². The highest BCUT2D eigenvalue weighted by Gasteiger charge is 2.15. The normalized spacial score (nSPS) is 17.4. The molecule has 1 amide bonds. The Morgan fingerprint density at radius 2 is 2.10 bits per heavy atom. The summed E-state index contributed by atoms with van der Waals surface area (Å²) >= 11 is 0. The Hall–Kier alpha value is -1.27. The summed E-state index contributed by atoms with van der Waals surface area (Å²) in [5.41, 5.74) is 0.346. The third-order valence-electron chi connectivity index (χ3n) is 3.53. The van der Waals surface area contributed by atoms with E-state index in [4.69, 9.17) is 4.74 Å². The molecule has 1 fully saturated rings. The first kappa shape index (κ1) is 16.1. The van der Waals surface area contributed by atoms with Gasteiger partial charge in [0.2, 0.25) is 5.91 Å². The minimum Gasteiger partial charge on any atom is -0.368 e. The quantitative estimate of drug-likeness (QED) is 0.909. The van der Waals surface area contributed by atoms with Crippen molar-refractivity contribution >= 4 is 22.4 Å². The lowest BCUT2D eigenvalue weighted by molar-refractivity contribution is -0.123. The van der Waals surface area contributed by atoms with Gasteiger partial charge in [-0.25, -0.2) is 4.39 Å². The minimum atomic E-state index is -1.38. The Kier molecular flexibility index (Phi) is 5.87. The monoisotopic (exact) mass is 313 g/mol. The van der Waals surface area contributed by atoms with Crippen LogP contribution >= 0.6 is 0 Å². The Balaban J connectivity index is 1.84. The summed E-state index contributed by atoms with van der Waals surface area (Å²) in [5.74, 6) is -0.882. The maximum Gasteiger partial charge on any atom is 0.250 e. The van der Waals surface area contributed by atoms with Crippen molar-refractivity contribution in [2.24, 2.45) is 0 Å². The second kappa shape index (κ2) is 7.66. The molecule has 1 aliphatic carbocycles. The first-order chi connectivity index (χ1) is 10.1. The molecule has 0 heterocycles. The maximum atomic E-state index is 13.7. The average Bonchev–Trinajstić information content (AvgIpc) is 2.46. The number of hydrogen-bond donors (Lipinski definition) is 1. The molecular formula is C15H20FNO3S. The predicted octanol–water partition coefficient (Wildman–Crippen LogP) is 2.85. The van der Waals surface area contributed by atoms with Gasteiger partial charge in [0.1, 0.15) is 12.4 Å². The number of halogens is 1. The summed E-state index contributed by atoms with van der Waals surface area (Å²) in [7, 11) is -1.38. The molecule has 0 saturated heterocycles. The summed E-state index contributed by atoms with van der Waals surface area (Å²) in [6, 6.07) is 4.14. The molecule has 0 aromatic heterocycles. The van der Waals surface area contributed by atoms with E-state index < -0.39 is 16.6 Å². The summed E-state index contributed by atoms with van der Waals surface area (Å²) in [6.07, 6.45) is 7.09. The molecule has 0 spiro atoms. The second-order valence-corrected chi connectivity index (χ2v) is 6.57. The van der Waals surface area contributed by atoms with Crippen LogP contribution in [0.3, 0.4) is 0 Å². The molecule has 1 aromatic carbocycles. The zero-order valence-corrected chi connectivity index (χ0v) is 12.9. The van der Waals surface area contributed by atoms with Crippen molar-refractivity contribution in [3.8, 4) is 0 Å². The first-order valence-corrected chi connectivity index (χ1v) is 8.66. The van der Waals surface area contributed by atoms with Gasteiger partial charge in [-0.2, -0.15) is 0 Å². The molecule has 1 atom stereocenters. The number of nitrogens with one attached hydrogen (secondary N) is 1. The van der Waals surface area contributed by atoms with E-state index in [0.29, 0.717) is 5.69 Å². The van der Waals surface area contributed by atoms with E-state index in [9.17, 15) is 13.4 Å². The van der Waals surface area contributed by atoms with E-state index in [2.05, 4.69) is 5.32 Å². The van der Waals surface area contributed by atoms with Gasteiger partial charge in [-0.1, -0.05) is 19.3 Å². The highest BCUT2D eigenvalue weighted by molar-refractivity contribution is 7.84. The Labute approximate surface area is 126 Å². The molecule has 1 saturated carbocycles. The molecule has 1 aliphatic rings. The van der Waals surface area contributed by atoms with E-state index in [-0.39, 0.29) is 23.5 Å². The van der Waals surface area contributed by atoms with Crippen LogP contribution in [0.5, 0.6) is 0 Å².